The number of alkyl halides is 3. The highest BCUT2D eigenvalue weighted by atomic mass is 19.4. The van der Waals surface area contributed by atoms with E-state index in [0.717, 1.165) is 51.7 Å². The Kier molecular flexibility index (Phi) is 9.88. The van der Waals surface area contributed by atoms with Crippen molar-refractivity contribution in [1.82, 2.24) is 29.5 Å². The molecule has 0 spiro atoms. The van der Waals surface area contributed by atoms with Gasteiger partial charge in [0, 0.05) is 87.0 Å². The molecule has 10 nitrogen and oxygen atoms in total. The zero-order chi connectivity index (χ0) is 40.5. The molecule has 5 aromatic rings. The van der Waals surface area contributed by atoms with Crippen LogP contribution in [0.5, 0.6) is 11.8 Å². The predicted molar refractivity (Wildman–Crippen MR) is 211 cm³/mol. The number of hydrogen-bond donors (Lipinski definition) is 1. The highest BCUT2D eigenvalue weighted by Gasteiger charge is 2.48. The number of nitrogens with zero attached hydrogens (tertiary/aromatic N) is 7. The minimum Gasteiger partial charge on any atom is -0.508 e. The number of halogens is 5. The molecule has 3 aromatic carbocycles. The Bertz CT molecular complexity index is 2420. The van der Waals surface area contributed by atoms with Crippen LogP contribution in [0.4, 0.5) is 27.8 Å². The molecule has 2 bridgehead atoms. The van der Waals surface area contributed by atoms with Crippen LogP contribution in [0, 0.1) is 35.3 Å². The van der Waals surface area contributed by atoms with E-state index in [1.807, 2.05) is 0 Å². The molecular formula is C43H46F5N7O3. The number of benzene rings is 3. The lowest BCUT2D eigenvalue weighted by Gasteiger charge is -2.42. The molecule has 306 valence electrons. The number of anilines is 1. The van der Waals surface area contributed by atoms with Gasteiger partial charge in [0.2, 0.25) is 0 Å². The third-order valence-corrected chi connectivity index (χ3v) is 12.8. The molecule has 4 fully saturated rings. The summed E-state index contributed by atoms with van der Waals surface area (Å²) in [7, 11) is 3.44. The van der Waals surface area contributed by atoms with Gasteiger partial charge in [-0.2, -0.15) is 28.2 Å². The Balaban J connectivity index is 1.16. The van der Waals surface area contributed by atoms with Crippen molar-refractivity contribution in [2.75, 3.05) is 64.5 Å². The van der Waals surface area contributed by atoms with Gasteiger partial charge in [-0.3, -0.25) is 9.58 Å². The highest BCUT2D eigenvalue weighted by Crippen LogP contribution is 2.49. The molecule has 0 amide bonds. The van der Waals surface area contributed by atoms with Crippen molar-refractivity contribution in [3.8, 4) is 35.2 Å². The molecular weight excluding hydrogens is 758 g/mol. The minimum absolute atomic E-state index is 0.00399. The van der Waals surface area contributed by atoms with E-state index in [1.165, 1.54) is 24.3 Å². The Morgan fingerprint density at radius 1 is 0.983 bits per heavy atom. The Morgan fingerprint density at radius 2 is 1.72 bits per heavy atom. The monoisotopic (exact) mass is 803 g/mol. The number of methoxy groups -OCH3 is 1. The van der Waals surface area contributed by atoms with Crippen molar-refractivity contribution in [3.05, 3.63) is 47.7 Å². The molecule has 15 heteroatoms. The molecule has 1 N–H and O–H groups in total. The number of hydrogen-bond acceptors (Lipinski definition) is 9. The molecule has 2 aromatic heterocycles. The van der Waals surface area contributed by atoms with Crippen molar-refractivity contribution in [3.63, 3.8) is 0 Å². The molecule has 3 aliphatic heterocycles. The van der Waals surface area contributed by atoms with E-state index in [4.69, 9.17) is 31.0 Å². The first-order chi connectivity index (χ1) is 27.9. The number of piperidine rings is 1. The van der Waals surface area contributed by atoms with Crippen LogP contribution in [0.25, 0.3) is 43.7 Å². The van der Waals surface area contributed by atoms with E-state index >= 15 is 8.78 Å². The van der Waals surface area contributed by atoms with E-state index in [2.05, 4.69) is 20.6 Å². The van der Waals surface area contributed by atoms with Crippen LogP contribution in [0.1, 0.15) is 50.5 Å². The van der Waals surface area contributed by atoms with Crippen LogP contribution in [0.15, 0.2) is 30.5 Å². The minimum atomic E-state index is -4.18. The average Bonchev–Trinajstić information content (AvgIpc) is 3.76. The molecule has 4 aliphatic rings. The molecule has 9 rings (SSSR count). The van der Waals surface area contributed by atoms with E-state index in [-0.39, 0.29) is 81.8 Å². The van der Waals surface area contributed by atoms with Crippen molar-refractivity contribution in [2.24, 2.45) is 18.4 Å². The van der Waals surface area contributed by atoms with Crippen LogP contribution >= 0.6 is 0 Å². The summed E-state index contributed by atoms with van der Waals surface area (Å²) in [6.45, 7) is 4.71. The number of ether oxygens (including phenoxy) is 2. The van der Waals surface area contributed by atoms with Crippen molar-refractivity contribution in [2.45, 2.75) is 63.2 Å². The summed E-state index contributed by atoms with van der Waals surface area (Å²) in [5.74, 6) is 0.137. The second-order valence-corrected chi connectivity index (χ2v) is 16.7. The van der Waals surface area contributed by atoms with E-state index in [9.17, 15) is 18.3 Å². The zero-order valence-corrected chi connectivity index (χ0v) is 32.6. The van der Waals surface area contributed by atoms with Gasteiger partial charge < -0.3 is 24.4 Å². The highest BCUT2D eigenvalue weighted by molar-refractivity contribution is 6.18. The van der Waals surface area contributed by atoms with Crippen LogP contribution in [0.2, 0.25) is 0 Å². The molecule has 1 aliphatic carbocycles. The van der Waals surface area contributed by atoms with Crippen molar-refractivity contribution >= 4 is 38.4 Å². The van der Waals surface area contributed by atoms with Crippen molar-refractivity contribution < 1.29 is 36.5 Å². The maximum Gasteiger partial charge on any atom is 0.391 e. The van der Waals surface area contributed by atoms with Crippen LogP contribution in [-0.4, -0.2) is 113 Å². The summed E-state index contributed by atoms with van der Waals surface area (Å²) in [6, 6.07) is 5.72. The fraction of sp³-hybridized carbons (Fsp3) is 0.512. The number of phenolic OH excluding ortho intramolecular Hbond substituents is 1. The van der Waals surface area contributed by atoms with Gasteiger partial charge in [0.05, 0.1) is 23.5 Å². The van der Waals surface area contributed by atoms with Gasteiger partial charge in [0.1, 0.15) is 28.4 Å². The number of aromatic nitrogens is 4. The Morgan fingerprint density at radius 3 is 2.40 bits per heavy atom. The van der Waals surface area contributed by atoms with Gasteiger partial charge in [-0.05, 0) is 87.2 Å². The second kappa shape index (κ2) is 14.8. The first kappa shape index (κ1) is 38.7. The molecule has 58 heavy (non-hydrogen) atoms. The molecule has 3 saturated heterocycles. The van der Waals surface area contributed by atoms with Gasteiger partial charge in [0.15, 0.2) is 5.82 Å². The molecule has 5 heterocycles. The molecule has 0 unspecified atom stereocenters. The van der Waals surface area contributed by atoms with Crippen LogP contribution in [0.3, 0.4) is 0 Å². The normalized spacial score (nSPS) is 21.4. The average molecular weight is 804 g/mol. The fourth-order valence-corrected chi connectivity index (χ4v) is 9.76. The summed E-state index contributed by atoms with van der Waals surface area (Å²) < 4.78 is 86.6. The quantitative estimate of drug-likeness (QED) is 0.0833. The fourth-order valence-electron chi connectivity index (χ4n) is 9.76. The van der Waals surface area contributed by atoms with Crippen LogP contribution in [-0.2, 0) is 11.8 Å². The zero-order valence-electron chi connectivity index (χ0n) is 32.6. The molecule has 2 atom stereocenters. The maximum absolute atomic E-state index is 17.8. The number of likely N-dealkylation sites (tertiary alicyclic amines) is 2. The van der Waals surface area contributed by atoms with Gasteiger partial charge in [0.25, 0.3) is 0 Å². The second-order valence-electron chi connectivity index (χ2n) is 16.7. The first-order valence-electron chi connectivity index (χ1n) is 20.1. The Labute approximate surface area is 332 Å². The van der Waals surface area contributed by atoms with E-state index in [0.29, 0.717) is 48.2 Å². The first-order valence-corrected chi connectivity index (χ1v) is 20.1. The SMILES string of the molecule is C#Cc1c(F)ccc2cc(O)cc(-c3c(F)c4nc(OCC5(CN6CCC(C(F)(F)F)CC6)CC5)nc(N5[C@@H]6CC[C@H]5CN(CCCOC)C6)c4c4cn(C)nc34)c12. The van der Waals surface area contributed by atoms with Gasteiger partial charge >= 0.3 is 12.2 Å². The number of terminal acetylenes is 1. The maximum atomic E-state index is 17.8. The molecule has 1 saturated carbocycles. The number of fused-ring (bicyclic) bond motifs is 6. The third kappa shape index (κ3) is 6.96. The number of rotatable bonds is 11. The summed E-state index contributed by atoms with van der Waals surface area (Å²) in [6.07, 6.45) is 8.05. The number of aryl methyl sites for hydroxylation is 1. The molecule has 0 radical (unpaired) electrons. The largest absolute Gasteiger partial charge is 0.508 e. The van der Waals surface area contributed by atoms with Crippen molar-refractivity contribution in [1.29, 1.82) is 0 Å². The number of piperazine rings is 1. The number of aromatic hydroxyl groups is 1. The topological polar surface area (TPSA) is 92.0 Å². The number of phenols is 1. The summed E-state index contributed by atoms with van der Waals surface area (Å²) in [4.78, 5) is 16.7. The van der Waals surface area contributed by atoms with E-state index < -0.39 is 23.7 Å². The van der Waals surface area contributed by atoms with E-state index in [1.54, 1.807) is 25.0 Å². The lowest BCUT2D eigenvalue weighted by molar-refractivity contribution is -0.185. The summed E-state index contributed by atoms with van der Waals surface area (Å²) in [5.41, 5.74) is 0.107. The predicted octanol–water partition coefficient (Wildman–Crippen LogP) is 7.42. The Hall–Kier alpha value is -4.78. The standard InChI is InChI=1S/C43H46F5N7O3/c1-4-30-33(44)9-6-25-18-29(56)19-31(34(25)30)35-37(45)39-36(32-22-52(2)51-38(32)35)40(55-27-7-8-28(55)21-54(20-27)14-5-17-57-3)50-41(49-39)58-24-42(12-13-42)23-53-15-10-26(11-16-53)43(46,47)48/h1,6,9,18-19,22,26-28,56H,5,7-8,10-17,20-21,23-24H2,2-3H3/t27-,28+. The summed E-state index contributed by atoms with van der Waals surface area (Å²) in [5, 5.41) is 17.4. The smallest absolute Gasteiger partial charge is 0.391 e. The van der Waals surface area contributed by atoms with Gasteiger partial charge in [-0.25, -0.2) is 8.78 Å². The third-order valence-electron chi connectivity index (χ3n) is 12.8. The lowest BCUT2D eigenvalue weighted by Crippen LogP contribution is -2.54. The lowest BCUT2D eigenvalue weighted by atomic mass is 9.91. The van der Waals surface area contributed by atoms with Crippen LogP contribution < -0.4 is 9.64 Å². The van der Waals surface area contributed by atoms with Gasteiger partial charge in [-0.1, -0.05) is 12.0 Å². The summed E-state index contributed by atoms with van der Waals surface area (Å²) >= 11 is 0. The van der Waals surface area contributed by atoms with Gasteiger partial charge in [-0.15, -0.1) is 6.42 Å².